The SMILES string of the molecule is O=C(c1cc(-c2ccc(F)cc2)n2nc(-c3ccccc3)cc2n1)N1CCCC1. The standard InChI is InChI=1S/C23H19FN4O/c24-18-10-8-17(9-11-18)21-14-20(23(29)27-12-4-5-13-27)25-22-15-19(26-28(21)22)16-6-2-1-3-7-16/h1-3,6-11,14-15H,4-5,12-13H2. The van der Waals surface area contributed by atoms with Crippen LogP contribution < -0.4 is 0 Å². The van der Waals surface area contributed by atoms with E-state index in [-0.39, 0.29) is 11.7 Å². The fraction of sp³-hybridized carbons (Fsp3) is 0.174. The average Bonchev–Trinajstić information content (AvgIpc) is 3.44. The third-order valence-electron chi connectivity index (χ3n) is 5.25. The highest BCUT2D eigenvalue weighted by Gasteiger charge is 2.23. The second-order valence-electron chi connectivity index (χ2n) is 7.20. The molecule has 1 amide bonds. The summed E-state index contributed by atoms with van der Waals surface area (Å²) >= 11 is 0. The summed E-state index contributed by atoms with van der Waals surface area (Å²) in [6.45, 7) is 1.51. The first-order valence-corrected chi connectivity index (χ1v) is 9.70. The van der Waals surface area contributed by atoms with Crippen molar-refractivity contribution in [1.82, 2.24) is 19.5 Å². The molecule has 2 aromatic carbocycles. The average molecular weight is 386 g/mol. The number of nitrogens with zero attached hydrogens (tertiary/aromatic N) is 4. The first kappa shape index (κ1) is 17.6. The van der Waals surface area contributed by atoms with Crippen LogP contribution in [0.25, 0.3) is 28.2 Å². The van der Waals surface area contributed by atoms with Crippen LogP contribution in [0.5, 0.6) is 0 Å². The molecule has 1 aliphatic heterocycles. The number of aromatic nitrogens is 3. The lowest BCUT2D eigenvalue weighted by Gasteiger charge is -2.15. The van der Waals surface area contributed by atoms with Gasteiger partial charge in [-0.05, 0) is 43.2 Å². The van der Waals surface area contributed by atoms with Crippen LogP contribution in [0.15, 0.2) is 66.7 Å². The number of benzene rings is 2. The number of carbonyl (C=O) groups excluding carboxylic acids is 1. The van der Waals surface area contributed by atoms with Crippen molar-refractivity contribution in [3.05, 3.63) is 78.2 Å². The van der Waals surface area contributed by atoms with Crippen LogP contribution >= 0.6 is 0 Å². The minimum absolute atomic E-state index is 0.0733. The molecule has 0 saturated carbocycles. The molecular formula is C23H19FN4O. The summed E-state index contributed by atoms with van der Waals surface area (Å²) < 4.78 is 15.2. The number of fused-ring (bicyclic) bond motifs is 1. The zero-order chi connectivity index (χ0) is 19.8. The molecule has 1 aliphatic rings. The van der Waals surface area contributed by atoms with E-state index in [0.29, 0.717) is 17.0 Å². The lowest BCUT2D eigenvalue weighted by atomic mass is 10.1. The first-order chi connectivity index (χ1) is 14.2. The molecule has 4 aromatic rings. The summed E-state index contributed by atoms with van der Waals surface area (Å²) in [6.07, 6.45) is 2.04. The van der Waals surface area contributed by atoms with Gasteiger partial charge in [-0.1, -0.05) is 30.3 Å². The monoisotopic (exact) mass is 386 g/mol. The molecule has 5 nitrogen and oxygen atoms in total. The Morgan fingerprint density at radius 2 is 1.62 bits per heavy atom. The molecule has 144 valence electrons. The van der Waals surface area contributed by atoms with Gasteiger partial charge >= 0.3 is 0 Å². The molecule has 0 aliphatic carbocycles. The van der Waals surface area contributed by atoms with Crippen molar-refractivity contribution in [3.8, 4) is 22.5 Å². The molecule has 0 radical (unpaired) electrons. The van der Waals surface area contributed by atoms with Gasteiger partial charge in [-0.15, -0.1) is 0 Å². The van der Waals surface area contributed by atoms with Crippen LogP contribution in [0, 0.1) is 5.82 Å². The smallest absolute Gasteiger partial charge is 0.272 e. The Morgan fingerprint density at radius 1 is 0.897 bits per heavy atom. The fourth-order valence-corrected chi connectivity index (χ4v) is 3.74. The van der Waals surface area contributed by atoms with Crippen molar-refractivity contribution in [2.24, 2.45) is 0 Å². The predicted octanol–water partition coefficient (Wildman–Crippen LogP) is 4.44. The largest absolute Gasteiger partial charge is 0.337 e. The van der Waals surface area contributed by atoms with E-state index < -0.39 is 0 Å². The molecule has 1 fully saturated rings. The normalized spacial score (nSPS) is 13.9. The molecule has 0 bridgehead atoms. The molecule has 29 heavy (non-hydrogen) atoms. The van der Waals surface area contributed by atoms with Crippen molar-refractivity contribution in [1.29, 1.82) is 0 Å². The summed E-state index contributed by atoms with van der Waals surface area (Å²) in [7, 11) is 0. The number of likely N-dealkylation sites (tertiary alicyclic amines) is 1. The molecule has 5 rings (SSSR count). The minimum atomic E-state index is -0.308. The van der Waals surface area contributed by atoms with Gasteiger partial charge in [-0.2, -0.15) is 5.10 Å². The van der Waals surface area contributed by atoms with Gasteiger partial charge in [-0.3, -0.25) is 4.79 Å². The van der Waals surface area contributed by atoms with E-state index in [2.05, 4.69) is 4.98 Å². The lowest BCUT2D eigenvalue weighted by Crippen LogP contribution is -2.28. The van der Waals surface area contributed by atoms with Crippen molar-refractivity contribution in [2.45, 2.75) is 12.8 Å². The molecule has 0 spiro atoms. The second-order valence-corrected chi connectivity index (χ2v) is 7.20. The third kappa shape index (κ3) is 3.27. The molecule has 0 N–H and O–H groups in total. The maximum Gasteiger partial charge on any atom is 0.272 e. The highest BCUT2D eigenvalue weighted by Crippen LogP contribution is 2.26. The quantitative estimate of drug-likeness (QED) is 0.523. The van der Waals surface area contributed by atoms with E-state index in [1.54, 1.807) is 22.7 Å². The van der Waals surface area contributed by atoms with Crippen LogP contribution in [0.1, 0.15) is 23.3 Å². The van der Waals surface area contributed by atoms with Crippen molar-refractivity contribution in [2.75, 3.05) is 13.1 Å². The third-order valence-corrected chi connectivity index (χ3v) is 5.25. The zero-order valence-electron chi connectivity index (χ0n) is 15.8. The Hall–Kier alpha value is -3.54. The van der Waals surface area contributed by atoms with E-state index in [9.17, 15) is 9.18 Å². The first-order valence-electron chi connectivity index (χ1n) is 9.70. The molecule has 0 atom stereocenters. The van der Waals surface area contributed by atoms with Gasteiger partial charge < -0.3 is 4.90 Å². The molecular weight excluding hydrogens is 367 g/mol. The number of amides is 1. The number of carbonyl (C=O) groups is 1. The van der Waals surface area contributed by atoms with Gasteiger partial charge in [0.15, 0.2) is 5.65 Å². The van der Waals surface area contributed by atoms with Gasteiger partial charge in [0.25, 0.3) is 5.91 Å². The van der Waals surface area contributed by atoms with Gasteiger partial charge in [-0.25, -0.2) is 13.9 Å². The Kier molecular flexibility index (Phi) is 4.31. The van der Waals surface area contributed by atoms with Crippen LogP contribution in [0.4, 0.5) is 4.39 Å². The summed E-state index contributed by atoms with van der Waals surface area (Å²) in [4.78, 5) is 19.4. The second kappa shape index (κ2) is 7.13. The lowest BCUT2D eigenvalue weighted by molar-refractivity contribution is 0.0787. The Balaban J connectivity index is 1.69. The van der Waals surface area contributed by atoms with E-state index in [1.165, 1.54) is 12.1 Å². The predicted molar refractivity (Wildman–Crippen MR) is 109 cm³/mol. The van der Waals surface area contributed by atoms with Crippen molar-refractivity contribution < 1.29 is 9.18 Å². The number of rotatable bonds is 3. The van der Waals surface area contributed by atoms with Gasteiger partial charge in [0.2, 0.25) is 0 Å². The van der Waals surface area contributed by atoms with E-state index in [0.717, 1.165) is 42.8 Å². The Bertz CT molecular complexity index is 1180. The maximum atomic E-state index is 13.5. The maximum absolute atomic E-state index is 13.5. The highest BCUT2D eigenvalue weighted by atomic mass is 19.1. The van der Waals surface area contributed by atoms with Crippen molar-refractivity contribution >= 4 is 11.6 Å². The van der Waals surface area contributed by atoms with E-state index >= 15 is 0 Å². The summed E-state index contributed by atoms with van der Waals surface area (Å²) in [5.74, 6) is -0.381. The van der Waals surface area contributed by atoms with E-state index in [4.69, 9.17) is 5.10 Å². The van der Waals surface area contributed by atoms with Crippen LogP contribution in [-0.4, -0.2) is 38.5 Å². The van der Waals surface area contributed by atoms with Gasteiger partial charge in [0, 0.05) is 30.3 Å². The van der Waals surface area contributed by atoms with Gasteiger partial charge in [0.05, 0.1) is 11.4 Å². The minimum Gasteiger partial charge on any atom is -0.337 e. The van der Waals surface area contributed by atoms with Crippen LogP contribution in [0.3, 0.4) is 0 Å². The Labute approximate surface area is 167 Å². The topological polar surface area (TPSA) is 50.5 Å². The van der Waals surface area contributed by atoms with E-state index in [1.807, 2.05) is 41.3 Å². The van der Waals surface area contributed by atoms with Crippen molar-refractivity contribution in [3.63, 3.8) is 0 Å². The summed E-state index contributed by atoms with van der Waals surface area (Å²) in [6, 6.07) is 19.7. The number of hydrogen-bond acceptors (Lipinski definition) is 3. The fourth-order valence-electron chi connectivity index (χ4n) is 3.74. The Morgan fingerprint density at radius 3 is 2.34 bits per heavy atom. The highest BCUT2D eigenvalue weighted by molar-refractivity contribution is 5.94. The molecule has 6 heteroatoms. The van der Waals surface area contributed by atoms with Gasteiger partial charge in [0.1, 0.15) is 11.5 Å². The molecule has 0 unspecified atom stereocenters. The summed E-state index contributed by atoms with van der Waals surface area (Å²) in [5, 5.41) is 4.72. The zero-order valence-corrected chi connectivity index (χ0v) is 15.8. The molecule has 2 aromatic heterocycles. The molecule has 1 saturated heterocycles. The van der Waals surface area contributed by atoms with Crippen LogP contribution in [0.2, 0.25) is 0 Å². The van der Waals surface area contributed by atoms with Crippen LogP contribution in [-0.2, 0) is 0 Å². The molecule has 3 heterocycles. The number of halogens is 1. The number of hydrogen-bond donors (Lipinski definition) is 0. The summed E-state index contributed by atoms with van der Waals surface area (Å²) in [5.41, 5.74) is 4.20.